The predicted octanol–water partition coefficient (Wildman–Crippen LogP) is 2.98. The molecule has 2 aliphatic rings. The number of hydrogen-bond donors (Lipinski definition) is 2. The minimum atomic E-state index is -4.10. The molecule has 1 saturated carbocycles. The second-order valence-electron chi connectivity index (χ2n) is 6.83. The van der Waals surface area contributed by atoms with E-state index < -0.39 is 12.7 Å². The highest BCUT2D eigenvalue weighted by atomic mass is 19.4. The second kappa shape index (κ2) is 7.55. The van der Waals surface area contributed by atoms with Gasteiger partial charge in [0.2, 0.25) is 0 Å². The van der Waals surface area contributed by atoms with Crippen LogP contribution in [0.15, 0.2) is 12.4 Å². The molecule has 5 nitrogen and oxygen atoms in total. The number of piperidine rings is 1. The van der Waals surface area contributed by atoms with Gasteiger partial charge < -0.3 is 10.6 Å². The Morgan fingerprint density at radius 3 is 2.00 bits per heavy atom. The smallest absolute Gasteiger partial charge is 0.370 e. The van der Waals surface area contributed by atoms with Crippen LogP contribution in [0.25, 0.3) is 0 Å². The van der Waals surface area contributed by atoms with E-state index in [0.29, 0.717) is 19.0 Å². The van der Waals surface area contributed by atoms with Gasteiger partial charge >= 0.3 is 6.18 Å². The zero-order valence-electron chi connectivity index (χ0n) is 13.6. The molecule has 0 radical (unpaired) electrons. The molecule has 1 aromatic rings. The fourth-order valence-corrected chi connectivity index (χ4v) is 2.97. The van der Waals surface area contributed by atoms with Crippen molar-refractivity contribution < 1.29 is 13.2 Å². The predicted molar refractivity (Wildman–Crippen MR) is 87.0 cm³/mol. The second-order valence-corrected chi connectivity index (χ2v) is 6.83. The largest absolute Gasteiger partial charge is 0.401 e. The van der Waals surface area contributed by atoms with Crippen molar-refractivity contribution in [3.8, 4) is 0 Å². The Morgan fingerprint density at radius 2 is 1.50 bits per heavy atom. The minimum Gasteiger partial charge on any atom is -0.370 e. The standard InChI is InChI=1S/C16H24F3N5/c17-16(18,19)10-24-5-3-13(4-6-24)9-21-15-7-14(22-11-23-15)20-8-12-1-2-12/h7,11-13H,1-6,8-10H2,(H2,20,21,22,23). The van der Waals surface area contributed by atoms with Gasteiger partial charge in [0.25, 0.3) is 0 Å². The number of alkyl halides is 3. The SMILES string of the molecule is FC(F)(F)CN1CCC(CNc2cc(NCC3CC3)ncn2)CC1. The molecule has 1 aromatic heterocycles. The number of halogens is 3. The van der Waals surface area contributed by atoms with Gasteiger partial charge in [0.05, 0.1) is 6.54 Å². The molecule has 0 aromatic carbocycles. The van der Waals surface area contributed by atoms with Gasteiger partial charge in [-0.15, -0.1) is 0 Å². The maximum Gasteiger partial charge on any atom is 0.401 e. The molecule has 134 valence electrons. The van der Waals surface area contributed by atoms with Crippen molar-refractivity contribution >= 4 is 11.6 Å². The first kappa shape index (κ1) is 17.3. The van der Waals surface area contributed by atoms with Crippen LogP contribution in [0.2, 0.25) is 0 Å². The van der Waals surface area contributed by atoms with Gasteiger partial charge in [-0.3, -0.25) is 4.90 Å². The van der Waals surface area contributed by atoms with E-state index in [0.717, 1.165) is 43.5 Å². The maximum atomic E-state index is 12.4. The zero-order valence-corrected chi connectivity index (χ0v) is 13.6. The minimum absolute atomic E-state index is 0.382. The lowest BCUT2D eigenvalue weighted by atomic mass is 9.97. The summed E-state index contributed by atoms with van der Waals surface area (Å²) in [5.41, 5.74) is 0. The van der Waals surface area contributed by atoms with Crippen LogP contribution in [0.5, 0.6) is 0 Å². The van der Waals surface area contributed by atoms with Crippen molar-refractivity contribution in [2.24, 2.45) is 11.8 Å². The number of nitrogens with zero attached hydrogens (tertiary/aromatic N) is 3. The summed E-state index contributed by atoms with van der Waals surface area (Å²) in [5.74, 6) is 2.74. The summed E-state index contributed by atoms with van der Waals surface area (Å²) >= 11 is 0. The van der Waals surface area contributed by atoms with Crippen molar-refractivity contribution in [3.63, 3.8) is 0 Å². The first-order valence-corrected chi connectivity index (χ1v) is 8.57. The summed E-state index contributed by atoms with van der Waals surface area (Å²) in [6, 6.07) is 1.89. The molecule has 0 spiro atoms. The van der Waals surface area contributed by atoms with Crippen LogP contribution in [0.1, 0.15) is 25.7 Å². The van der Waals surface area contributed by atoms with Crippen molar-refractivity contribution in [1.29, 1.82) is 0 Å². The molecule has 8 heteroatoms. The third-order valence-corrected chi connectivity index (χ3v) is 4.62. The number of hydrogen-bond acceptors (Lipinski definition) is 5. The lowest BCUT2D eigenvalue weighted by molar-refractivity contribution is -0.148. The number of aromatic nitrogens is 2. The molecule has 3 rings (SSSR count). The van der Waals surface area contributed by atoms with Gasteiger partial charge in [-0.1, -0.05) is 0 Å². The first-order chi connectivity index (χ1) is 11.5. The lowest BCUT2D eigenvalue weighted by Crippen LogP contribution is -2.41. The molecule has 2 heterocycles. The van der Waals surface area contributed by atoms with E-state index in [2.05, 4.69) is 20.6 Å². The Hall–Kier alpha value is -1.57. The molecule has 0 amide bonds. The Labute approximate surface area is 140 Å². The lowest BCUT2D eigenvalue weighted by Gasteiger charge is -2.32. The Balaban J connectivity index is 1.39. The molecule has 0 atom stereocenters. The van der Waals surface area contributed by atoms with Crippen LogP contribution in [0, 0.1) is 11.8 Å². The first-order valence-electron chi connectivity index (χ1n) is 8.57. The number of likely N-dealkylation sites (tertiary alicyclic amines) is 1. The summed E-state index contributed by atoms with van der Waals surface area (Å²) in [6.07, 6.45) is 1.56. The molecule has 2 fully saturated rings. The summed E-state index contributed by atoms with van der Waals surface area (Å²) in [6.45, 7) is 1.90. The van der Waals surface area contributed by atoms with Gasteiger partial charge in [-0.05, 0) is 50.6 Å². The van der Waals surface area contributed by atoms with Gasteiger partial charge in [0.1, 0.15) is 18.0 Å². The molecule has 2 N–H and O–H groups in total. The third kappa shape index (κ3) is 5.81. The number of anilines is 2. The van der Waals surface area contributed by atoms with Crippen LogP contribution < -0.4 is 10.6 Å². The van der Waals surface area contributed by atoms with Gasteiger partial charge in [-0.2, -0.15) is 13.2 Å². The van der Waals surface area contributed by atoms with E-state index in [1.54, 1.807) is 0 Å². The molecular formula is C16H24F3N5. The van der Waals surface area contributed by atoms with Crippen molar-refractivity contribution in [3.05, 3.63) is 12.4 Å². The highest BCUT2D eigenvalue weighted by molar-refractivity contribution is 5.46. The Kier molecular flexibility index (Phi) is 5.43. The topological polar surface area (TPSA) is 53.1 Å². The van der Waals surface area contributed by atoms with E-state index in [1.807, 2.05) is 6.07 Å². The normalized spacial score (nSPS) is 20.1. The van der Waals surface area contributed by atoms with E-state index in [1.165, 1.54) is 24.1 Å². The average Bonchev–Trinajstić information content (AvgIpc) is 3.36. The van der Waals surface area contributed by atoms with E-state index in [9.17, 15) is 13.2 Å². The molecule has 1 aliphatic heterocycles. The molecule has 1 aliphatic carbocycles. The zero-order chi connectivity index (χ0) is 17.0. The van der Waals surface area contributed by atoms with E-state index in [-0.39, 0.29) is 0 Å². The van der Waals surface area contributed by atoms with Crippen LogP contribution in [-0.4, -0.2) is 53.8 Å². The van der Waals surface area contributed by atoms with Crippen LogP contribution in [0.4, 0.5) is 24.8 Å². The van der Waals surface area contributed by atoms with Gasteiger partial charge in [-0.25, -0.2) is 9.97 Å². The van der Waals surface area contributed by atoms with E-state index in [4.69, 9.17) is 0 Å². The third-order valence-electron chi connectivity index (χ3n) is 4.62. The van der Waals surface area contributed by atoms with Gasteiger partial charge in [0, 0.05) is 19.2 Å². The Morgan fingerprint density at radius 1 is 0.958 bits per heavy atom. The van der Waals surface area contributed by atoms with Gasteiger partial charge in [0.15, 0.2) is 0 Å². The van der Waals surface area contributed by atoms with Crippen LogP contribution in [0.3, 0.4) is 0 Å². The molecule has 24 heavy (non-hydrogen) atoms. The fraction of sp³-hybridized carbons (Fsp3) is 0.750. The monoisotopic (exact) mass is 343 g/mol. The quantitative estimate of drug-likeness (QED) is 0.797. The summed E-state index contributed by atoms with van der Waals surface area (Å²) in [5, 5.41) is 6.60. The molecule has 1 saturated heterocycles. The highest BCUT2D eigenvalue weighted by Gasteiger charge is 2.32. The van der Waals surface area contributed by atoms with E-state index >= 15 is 0 Å². The van der Waals surface area contributed by atoms with Crippen molar-refractivity contribution in [2.45, 2.75) is 31.9 Å². The maximum absolute atomic E-state index is 12.4. The van der Waals surface area contributed by atoms with Crippen LogP contribution >= 0.6 is 0 Å². The van der Waals surface area contributed by atoms with Crippen LogP contribution in [-0.2, 0) is 0 Å². The summed E-state index contributed by atoms with van der Waals surface area (Å²) in [7, 11) is 0. The molecule has 0 bridgehead atoms. The number of rotatable bonds is 7. The fourth-order valence-electron chi connectivity index (χ4n) is 2.97. The number of nitrogens with one attached hydrogen (secondary N) is 2. The average molecular weight is 343 g/mol. The molecule has 0 unspecified atom stereocenters. The highest BCUT2D eigenvalue weighted by Crippen LogP contribution is 2.28. The van der Waals surface area contributed by atoms with Crippen molar-refractivity contribution in [1.82, 2.24) is 14.9 Å². The molecular weight excluding hydrogens is 319 g/mol. The van der Waals surface area contributed by atoms with Crippen molar-refractivity contribution in [2.75, 3.05) is 43.4 Å². The Bertz CT molecular complexity index is 525. The summed E-state index contributed by atoms with van der Waals surface area (Å²) < 4.78 is 37.2. The summed E-state index contributed by atoms with van der Waals surface area (Å²) in [4.78, 5) is 9.90.